The van der Waals surface area contributed by atoms with E-state index in [9.17, 15) is 50.7 Å². The fourth-order valence-electron chi connectivity index (χ4n) is 7.28. The number of esters is 4. The normalized spacial score (nSPS) is 19.2. The van der Waals surface area contributed by atoms with E-state index in [0.29, 0.717) is 5.75 Å². The van der Waals surface area contributed by atoms with Gasteiger partial charge in [0.1, 0.15) is 29.9 Å². The number of hydrogen-bond acceptors (Lipinski definition) is 15. The molecule has 2 heterocycles. The van der Waals surface area contributed by atoms with Crippen LogP contribution in [0.15, 0.2) is 54.7 Å². The van der Waals surface area contributed by atoms with Gasteiger partial charge in [-0.2, -0.15) is 8.78 Å². The molecule has 2 amide bonds. The number of nitrogens with zero attached hydrogens (tertiary/aromatic N) is 3. The van der Waals surface area contributed by atoms with Crippen LogP contribution in [0, 0.1) is 29.1 Å². The molecule has 6 rings (SSSR count). The number of fused-ring (bicyclic) bond motifs is 3. The molecule has 23 heteroatoms. The maximum absolute atomic E-state index is 14.4. The maximum atomic E-state index is 14.4. The lowest BCUT2D eigenvalue weighted by atomic mass is 9.98. The molecule has 0 spiro atoms. The number of ether oxygens (including phenoxy) is 6. The molecule has 1 saturated heterocycles. The van der Waals surface area contributed by atoms with E-state index in [4.69, 9.17) is 23.7 Å². The zero-order chi connectivity index (χ0) is 47.1. The van der Waals surface area contributed by atoms with Gasteiger partial charge in [0, 0.05) is 26.7 Å². The van der Waals surface area contributed by atoms with E-state index >= 15 is 0 Å². The molecule has 65 heavy (non-hydrogen) atoms. The van der Waals surface area contributed by atoms with Gasteiger partial charge in [-0.25, -0.2) is 22.6 Å². The van der Waals surface area contributed by atoms with Gasteiger partial charge >= 0.3 is 30.0 Å². The van der Waals surface area contributed by atoms with Crippen molar-refractivity contribution in [1.82, 2.24) is 25.6 Å². The Balaban J connectivity index is 1.17. The van der Waals surface area contributed by atoms with Gasteiger partial charge in [0.05, 0.1) is 25.7 Å². The van der Waals surface area contributed by atoms with Crippen molar-refractivity contribution < 1.29 is 79.1 Å². The maximum Gasteiger partial charge on any atom is 0.407 e. The van der Waals surface area contributed by atoms with E-state index in [1.54, 1.807) is 6.92 Å². The van der Waals surface area contributed by atoms with Gasteiger partial charge < -0.3 is 39.1 Å². The first-order chi connectivity index (χ1) is 31.0. The van der Waals surface area contributed by atoms with Gasteiger partial charge in [0.2, 0.25) is 40.7 Å². The summed E-state index contributed by atoms with van der Waals surface area (Å²) >= 11 is 1.22. The third-order valence-electron chi connectivity index (χ3n) is 9.93. The number of halogens is 5. The van der Waals surface area contributed by atoms with Gasteiger partial charge in [-0.15, -0.1) is 16.9 Å². The summed E-state index contributed by atoms with van der Waals surface area (Å²) in [6.45, 7) is 4.31. The highest BCUT2D eigenvalue weighted by molar-refractivity contribution is 7.99. The zero-order valence-electron chi connectivity index (χ0n) is 34.8. The molecule has 1 fully saturated rings. The second-order valence-corrected chi connectivity index (χ2v) is 15.8. The summed E-state index contributed by atoms with van der Waals surface area (Å²) in [4.78, 5) is 76.2. The number of carbonyl (C=O) groups excluding carboxylic acids is 6. The van der Waals surface area contributed by atoms with Crippen LogP contribution in [0.4, 0.5) is 26.7 Å². The summed E-state index contributed by atoms with van der Waals surface area (Å²) < 4.78 is 104. The van der Waals surface area contributed by atoms with Gasteiger partial charge in [-0.3, -0.25) is 24.0 Å². The molecule has 4 aromatic rings. The van der Waals surface area contributed by atoms with Crippen LogP contribution in [0.5, 0.6) is 5.75 Å². The summed E-state index contributed by atoms with van der Waals surface area (Å²) in [5.41, 5.74) is 2.70. The molecule has 2 aliphatic rings. The lowest BCUT2D eigenvalue weighted by molar-refractivity contribution is -0.233. The fourth-order valence-corrected chi connectivity index (χ4v) is 8.23. The number of aromatic nitrogens is 3. The van der Waals surface area contributed by atoms with E-state index in [2.05, 4.69) is 25.7 Å². The number of amides is 2. The minimum atomic E-state index is -2.50. The van der Waals surface area contributed by atoms with Gasteiger partial charge in [0.15, 0.2) is 18.3 Å². The predicted octanol–water partition coefficient (Wildman–Crippen LogP) is 4.77. The summed E-state index contributed by atoms with van der Waals surface area (Å²) in [5, 5.41) is 12.6. The van der Waals surface area contributed by atoms with E-state index in [-0.39, 0.29) is 18.8 Å². The molecular formula is C42H40F5N5O12S. The van der Waals surface area contributed by atoms with E-state index < -0.39 is 125 Å². The monoisotopic (exact) mass is 933 g/mol. The molecule has 6 atom stereocenters. The highest BCUT2D eigenvalue weighted by atomic mass is 32.2. The van der Waals surface area contributed by atoms with Crippen LogP contribution in [-0.2, 0) is 60.7 Å². The molecular weight excluding hydrogens is 894 g/mol. The molecule has 0 bridgehead atoms. The molecule has 346 valence electrons. The van der Waals surface area contributed by atoms with Crippen LogP contribution >= 0.6 is 11.8 Å². The quantitative estimate of drug-likeness (QED) is 0.0387. The van der Waals surface area contributed by atoms with E-state index in [1.807, 2.05) is 48.5 Å². The number of rotatable bonds is 16. The topological polar surface area (TPSA) is 213 Å². The SMILES string of the molecule is CCS[C@@H]1O[C@H](Cn2cc(CNC(=O)[C@H](CC(=O)Oc3c(F)c(F)c(F)c(F)c3F)NC(=O)OCC3c4ccccc4-c4ccccc43)nn2)[C@@H](OC(C)=O)[C@H](OC(C)=O)[C@H]1OC(C)=O. The number of nitrogens with one attached hydrogen (secondary N) is 2. The van der Waals surface area contributed by atoms with Crippen molar-refractivity contribution in [3.05, 3.63) is 101 Å². The van der Waals surface area contributed by atoms with Crippen LogP contribution < -0.4 is 15.4 Å². The zero-order valence-corrected chi connectivity index (χ0v) is 35.6. The van der Waals surface area contributed by atoms with Crippen LogP contribution in [0.1, 0.15) is 56.9 Å². The van der Waals surface area contributed by atoms with Gasteiger partial charge in [-0.1, -0.05) is 60.7 Å². The van der Waals surface area contributed by atoms with Crippen molar-refractivity contribution in [2.75, 3.05) is 12.4 Å². The Morgan fingerprint density at radius 2 is 1.34 bits per heavy atom. The smallest absolute Gasteiger partial charge is 0.407 e. The highest BCUT2D eigenvalue weighted by Gasteiger charge is 2.52. The largest absolute Gasteiger partial charge is 0.456 e. The van der Waals surface area contributed by atoms with Gasteiger partial charge in [0.25, 0.3) is 0 Å². The molecule has 0 radical (unpaired) electrons. The van der Waals surface area contributed by atoms with E-state index in [0.717, 1.165) is 43.0 Å². The summed E-state index contributed by atoms with van der Waals surface area (Å²) in [7, 11) is 0. The lowest BCUT2D eigenvalue weighted by Crippen LogP contribution is -2.61. The second kappa shape index (κ2) is 20.9. The van der Waals surface area contributed by atoms with E-state index in [1.165, 1.54) is 22.6 Å². The van der Waals surface area contributed by atoms with Crippen molar-refractivity contribution in [1.29, 1.82) is 0 Å². The highest BCUT2D eigenvalue weighted by Crippen LogP contribution is 2.44. The van der Waals surface area contributed by atoms with Crippen molar-refractivity contribution >= 4 is 47.6 Å². The predicted molar refractivity (Wildman–Crippen MR) is 214 cm³/mol. The summed E-state index contributed by atoms with van der Waals surface area (Å²) in [5.74, 6) is -19.1. The van der Waals surface area contributed by atoms with Crippen molar-refractivity contribution in [2.24, 2.45) is 0 Å². The summed E-state index contributed by atoms with van der Waals surface area (Å²) in [6, 6.07) is 12.9. The molecule has 2 N–H and O–H groups in total. The lowest BCUT2D eigenvalue weighted by Gasteiger charge is -2.44. The Morgan fingerprint density at radius 3 is 1.92 bits per heavy atom. The van der Waals surface area contributed by atoms with Gasteiger partial charge in [-0.05, 0) is 28.0 Å². The van der Waals surface area contributed by atoms with Crippen molar-refractivity contribution in [3.63, 3.8) is 0 Å². The number of carbonyl (C=O) groups is 6. The average Bonchev–Trinajstić information content (AvgIpc) is 3.85. The Labute approximate surface area is 370 Å². The minimum absolute atomic E-state index is 0.0656. The molecule has 1 aliphatic heterocycles. The first-order valence-electron chi connectivity index (χ1n) is 19.8. The molecule has 1 aromatic heterocycles. The molecule has 0 unspecified atom stereocenters. The van der Waals surface area contributed by atoms with Crippen LogP contribution in [-0.4, -0.2) is 99.1 Å². The van der Waals surface area contributed by atoms with Crippen LogP contribution in [0.2, 0.25) is 0 Å². The second-order valence-electron chi connectivity index (χ2n) is 14.5. The van der Waals surface area contributed by atoms with Crippen molar-refractivity contribution in [3.8, 4) is 16.9 Å². The first kappa shape index (κ1) is 47.8. The van der Waals surface area contributed by atoms with Crippen molar-refractivity contribution in [2.45, 2.75) is 89.0 Å². The molecule has 0 saturated carbocycles. The minimum Gasteiger partial charge on any atom is -0.456 e. The fraction of sp³-hybridized carbons (Fsp3) is 0.381. The Morgan fingerprint density at radius 1 is 0.785 bits per heavy atom. The number of thioether (sulfide) groups is 1. The Hall–Kier alpha value is -6.62. The standard InChI is InChI=1S/C42H40F5N5O12S/c1-5-65-41-39(62-21(4)55)38(61-20(3)54)36(60-19(2)53)29(63-41)17-52-16-22(50-51-52)15-48-40(57)28(14-30(56)64-37-34(46)32(44)31(43)33(45)35(37)47)49-42(58)59-18-27-25-12-8-6-10-23(25)24-11-7-9-13-26(24)27/h6-13,16,27-29,36,38-39,41H,5,14-15,17-18H2,1-4H3,(H,48,57)(H,49,58)/t28-,29+,36+,38-,39+,41-/m0/s1. The number of hydrogen-bond donors (Lipinski definition) is 2. The average molecular weight is 934 g/mol. The molecule has 1 aliphatic carbocycles. The molecule has 17 nitrogen and oxygen atoms in total. The number of alkyl carbamates (subject to hydrolysis) is 1. The third kappa shape index (κ3) is 11.2. The van der Waals surface area contributed by atoms with Crippen LogP contribution in [0.25, 0.3) is 11.1 Å². The first-order valence-corrected chi connectivity index (χ1v) is 20.8. The third-order valence-corrected chi connectivity index (χ3v) is 11.0. The summed E-state index contributed by atoms with van der Waals surface area (Å²) in [6.07, 6.45) is -5.94. The van der Waals surface area contributed by atoms with Crippen LogP contribution in [0.3, 0.4) is 0 Å². The number of benzene rings is 3. The molecule has 3 aromatic carbocycles. The Bertz CT molecular complexity index is 2400. The Kier molecular flexibility index (Phi) is 15.4.